The van der Waals surface area contributed by atoms with Gasteiger partial charge in [0, 0.05) is 11.9 Å². The zero-order valence-corrected chi connectivity index (χ0v) is 11.0. The van der Waals surface area contributed by atoms with Gasteiger partial charge in [0.1, 0.15) is 17.2 Å². The lowest BCUT2D eigenvalue weighted by atomic mass is 10.0. The summed E-state index contributed by atoms with van der Waals surface area (Å²) in [5, 5.41) is 10.4. The smallest absolute Gasteiger partial charge is 0.134 e. The van der Waals surface area contributed by atoms with Gasteiger partial charge in [0.15, 0.2) is 0 Å². The van der Waals surface area contributed by atoms with Crippen LogP contribution in [0.5, 0.6) is 0 Å². The van der Waals surface area contributed by atoms with Crippen LogP contribution in [0.1, 0.15) is 19.1 Å². The third kappa shape index (κ3) is 2.65. The molecule has 0 saturated carbocycles. The van der Waals surface area contributed by atoms with Crippen molar-refractivity contribution in [2.45, 2.75) is 26.0 Å². The lowest BCUT2D eigenvalue weighted by molar-refractivity contribution is 0.126. The Kier molecular flexibility index (Phi) is 3.29. The fraction of sp³-hybridized carbons (Fsp3) is 0.467. The molecule has 19 heavy (non-hydrogen) atoms. The van der Waals surface area contributed by atoms with Gasteiger partial charge in [0.25, 0.3) is 0 Å². The van der Waals surface area contributed by atoms with E-state index in [9.17, 15) is 9.50 Å². The van der Waals surface area contributed by atoms with E-state index in [4.69, 9.17) is 4.42 Å². The van der Waals surface area contributed by atoms with Gasteiger partial charge in [-0.05, 0) is 50.1 Å². The number of hydrogen-bond donors (Lipinski definition) is 1. The molecule has 3 rings (SSSR count). The van der Waals surface area contributed by atoms with Gasteiger partial charge in [-0.1, -0.05) is 0 Å². The van der Waals surface area contributed by atoms with Gasteiger partial charge in [-0.25, -0.2) is 4.39 Å². The minimum absolute atomic E-state index is 0.241. The van der Waals surface area contributed by atoms with E-state index in [0.29, 0.717) is 5.92 Å². The van der Waals surface area contributed by atoms with Gasteiger partial charge < -0.3 is 9.52 Å². The van der Waals surface area contributed by atoms with Crippen molar-refractivity contribution in [1.82, 2.24) is 4.90 Å². The van der Waals surface area contributed by atoms with Crippen molar-refractivity contribution in [3.8, 4) is 0 Å². The molecule has 1 N–H and O–H groups in total. The van der Waals surface area contributed by atoms with E-state index in [0.717, 1.165) is 42.8 Å². The maximum absolute atomic E-state index is 13.1. The van der Waals surface area contributed by atoms with Gasteiger partial charge in [-0.2, -0.15) is 0 Å². The highest BCUT2D eigenvalue weighted by atomic mass is 19.1. The van der Waals surface area contributed by atoms with Crippen molar-refractivity contribution in [1.29, 1.82) is 0 Å². The molecule has 3 nitrogen and oxygen atoms in total. The number of benzene rings is 1. The molecule has 1 aliphatic rings. The molecule has 2 atom stereocenters. The molecular weight excluding hydrogens is 245 g/mol. The number of furan rings is 1. The molecule has 102 valence electrons. The number of nitrogens with zero attached hydrogens (tertiary/aromatic N) is 1. The molecule has 4 heteroatoms. The molecular formula is C15H18FNO2. The molecule has 0 bridgehead atoms. The second-order valence-electron chi connectivity index (χ2n) is 5.42. The summed E-state index contributed by atoms with van der Waals surface area (Å²) < 4.78 is 18.8. The van der Waals surface area contributed by atoms with Crippen LogP contribution in [0.3, 0.4) is 0 Å². The largest absolute Gasteiger partial charge is 0.460 e. The summed E-state index contributed by atoms with van der Waals surface area (Å²) in [5.74, 6) is 0.962. The van der Waals surface area contributed by atoms with Crippen molar-refractivity contribution in [3.63, 3.8) is 0 Å². The number of fused-ring (bicyclic) bond motifs is 1. The Morgan fingerprint density at radius 3 is 3.05 bits per heavy atom. The predicted molar refractivity (Wildman–Crippen MR) is 71.2 cm³/mol. The van der Waals surface area contributed by atoms with Crippen molar-refractivity contribution >= 4 is 11.0 Å². The SMILES string of the molecule is CC(O)C1CCN(Cc2cc3cc(F)ccc3o2)C1. The first-order chi connectivity index (χ1) is 9.11. The molecule has 1 aromatic heterocycles. The Hall–Kier alpha value is -1.39. The topological polar surface area (TPSA) is 36.6 Å². The lowest BCUT2D eigenvalue weighted by Gasteiger charge is -2.15. The molecule has 2 heterocycles. The number of likely N-dealkylation sites (tertiary alicyclic amines) is 1. The van der Waals surface area contributed by atoms with E-state index in [-0.39, 0.29) is 11.9 Å². The Morgan fingerprint density at radius 1 is 1.47 bits per heavy atom. The van der Waals surface area contributed by atoms with Crippen LogP contribution in [0.4, 0.5) is 4.39 Å². The van der Waals surface area contributed by atoms with Gasteiger partial charge in [0.05, 0.1) is 12.6 Å². The molecule has 1 aromatic carbocycles. The summed E-state index contributed by atoms with van der Waals surface area (Å²) >= 11 is 0. The zero-order chi connectivity index (χ0) is 13.4. The molecule has 0 aliphatic carbocycles. The van der Waals surface area contributed by atoms with Crippen molar-refractivity contribution in [3.05, 3.63) is 35.8 Å². The third-order valence-electron chi connectivity index (χ3n) is 3.90. The summed E-state index contributed by atoms with van der Waals surface area (Å²) in [6.45, 7) is 4.43. The first-order valence-corrected chi connectivity index (χ1v) is 6.70. The van der Waals surface area contributed by atoms with Gasteiger partial charge in [-0.3, -0.25) is 4.90 Å². The minimum atomic E-state index is -0.255. The summed E-state index contributed by atoms with van der Waals surface area (Å²) in [5.41, 5.74) is 0.725. The highest BCUT2D eigenvalue weighted by Crippen LogP contribution is 2.25. The maximum atomic E-state index is 13.1. The quantitative estimate of drug-likeness (QED) is 0.925. The second kappa shape index (κ2) is 4.94. The molecule has 0 amide bonds. The van der Waals surface area contributed by atoms with Crippen LogP contribution in [0, 0.1) is 11.7 Å². The summed E-state index contributed by atoms with van der Waals surface area (Å²) in [7, 11) is 0. The number of aliphatic hydroxyl groups is 1. The molecule has 0 spiro atoms. The Balaban J connectivity index is 1.72. The Bertz CT molecular complexity index is 579. The fourth-order valence-corrected chi connectivity index (χ4v) is 2.77. The van der Waals surface area contributed by atoms with Crippen LogP contribution in [-0.4, -0.2) is 29.2 Å². The summed E-state index contributed by atoms with van der Waals surface area (Å²) in [6, 6.07) is 6.46. The highest BCUT2D eigenvalue weighted by Gasteiger charge is 2.26. The van der Waals surface area contributed by atoms with E-state index >= 15 is 0 Å². The van der Waals surface area contributed by atoms with Crippen molar-refractivity contribution < 1.29 is 13.9 Å². The standard InChI is InChI=1S/C15H18FNO2/c1-10(18)11-4-5-17(8-11)9-14-7-12-6-13(16)2-3-15(12)19-14/h2-3,6-7,10-11,18H,4-5,8-9H2,1H3. The normalized spacial score (nSPS) is 22.2. The van der Waals surface area contributed by atoms with Crippen LogP contribution in [0.25, 0.3) is 11.0 Å². The number of rotatable bonds is 3. The molecule has 2 aromatic rings. The lowest BCUT2D eigenvalue weighted by Crippen LogP contribution is -2.23. The van der Waals surface area contributed by atoms with Crippen LogP contribution in [-0.2, 0) is 6.54 Å². The molecule has 1 fully saturated rings. The second-order valence-corrected chi connectivity index (χ2v) is 5.42. The predicted octanol–water partition coefficient (Wildman–Crippen LogP) is 2.77. The maximum Gasteiger partial charge on any atom is 0.134 e. The van der Waals surface area contributed by atoms with Gasteiger partial charge in [-0.15, -0.1) is 0 Å². The van der Waals surface area contributed by atoms with Gasteiger partial charge >= 0.3 is 0 Å². The van der Waals surface area contributed by atoms with E-state index in [1.807, 2.05) is 13.0 Å². The Morgan fingerprint density at radius 2 is 2.32 bits per heavy atom. The monoisotopic (exact) mass is 263 g/mol. The van der Waals surface area contributed by atoms with E-state index in [2.05, 4.69) is 4.90 Å². The van der Waals surface area contributed by atoms with Crippen LogP contribution in [0.15, 0.2) is 28.7 Å². The Labute approximate surface area is 111 Å². The van der Waals surface area contributed by atoms with E-state index in [1.165, 1.54) is 12.1 Å². The molecule has 0 radical (unpaired) electrons. The average molecular weight is 263 g/mol. The summed E-state index contributed by atoms with van der Waals surface area (Å²) in [4.78, 5) is 2.27. The van der Waals surface area contributed by atoms with Crippen molar-refractivity contribution in [2.24, 2.45) is 5.92 Å². The first kappa shape index (κ1) is 12.6. The van der Waals surface area contributed by atoms with E-state index < -0.39 is 0 Å². The average Bonchev–Trinajstić information content (AvgIpc) is 2.95. The molecule has 2 unspecified atom stereocenters. The van der Waals surface area contributed by atoms with Crippen LogP contribution in [0.2, 0.25) is 0 Å². The number of hydrogen-bond acceptors (Lipinski definition) is 3. The fourth-order valence-electron chi connectivity index (χ4n) is 2.77. The molecule has 1 aliphatic heterocycles. The third-order valence-corrected chi connectivity index (χ3v) is 3.90. The number of aliphatic hydroxyl groups excluding tert-OH is 1. The minimum Gasteiger partial charge on any atom is -0.460 e. The first-order valence-electron chi connectivity index (χ1n) is 6.70. The summed E-state index contributed by atoms with van der Waals surface area (Å²) in [6.07, 6.45) is 0.766. The highest BCUT2D eigenvalue weighted by molar-refractivity contribution is 5.77. The van der Waals surface area contributed by atoms with Crippen molar-refractivity contribution in [2.75, 3.05) is 13.1 Å². The van der Waals surface area contributed by atoms with Crippen LogP contribution < -0.4 is 0 Å². The van der Waals surface area contributed by atoms with E-state index in [1.54, 1.807) is 6.07 Å². The van der Waals surface area contributed by atoms with Gasteiger partial charge in [0.2, 0.25) is 0 Å². The number of halogens is 1. The zero-order valence-electron chi connectivity index (χ0n) is 11.0. The molecule has 1 saturated heterocycles. The van der Waals surface area contributed by atoms with Crippen LogP contribution >= 0.6 is 0 Å².